The van der Waals surface area contributed by atoms with Gasteiger partial charge in [-0.25, -0.2) is 9.48 Å². The number of aromatic nitrogens is 3. The summed E-state index contributed by atoms with van der Waals surface area (Å²) >= 11 is 0. The fourth-order valence-electron chi connectivity index (χ4n) is 1.51. The first-order chi connectivity index (χ1) is 9.15. The van der Waals surface area contributed by atoms with Crippen molar-refractivity contribution in [2.45, 2.75) is 6.92 Å². The Morgan fingerprint density at radius 1 is 1.47 bits per heavy atom. The number of carbonyl (C=O) groups is 1. The molecule has 0 amide bonds. The molecule has 0 bridgehead atoms. The summed E-state index contributed by atoms with van der Waals surface area (Å²) in [6.45, 7) is 1.98. The van der Waals surface area contributed by atoms with Crippen molar-refractivity contribution >= 4 is 11.7 Å². The van der Waals surface area contributed by atoms with Gasteiger partial charge in [-0.15, -0.1) is 0 Å². The standard InChI is InChI=1S/C12H14N4O3/c1-3-19-12(17)11-8(13)7-16(15-11)9-5-4-6-10(14-9)18-2/h4-7H,3,13H2,1-2H3. The molecule has 0 aliphatic heterocycles. The van der Waals surface area contributed by atoms with Crippen LogP contribution in [0.15, 0.2) is 24.4 Å². The van der Waals surface area contributed by atoms with Crippen molar-refractivity contribution in [3.05, 3.63) is 30.1 Å². The van der Waals surface area contributed by atoms with Crippen LogP contribution in [0.25, 0.3) is 5.82 Å². The molecule has 0 radical (unpaired) electrons. The Kier molecular flexibility index (Phi) is 3.65. The summed E-state index contributed by atoms with van der Waals surface area (Å²) in [7, 11) is 1.52. The second-order valence-electron chi connectivity index (χ2n) is 3.64. The molecule has 0 aliphatic rings. The molecule has 2 heterocycles. The molecule has 2 rings (SSSR count). The fourth-order valence-corrected chi connectivity index (χ4v) is 1.51. The average molecular weight is 262 g/mol. The van der Waals surface area contributed by atoms with Crippen molar-refractivity contribution in [3.8, 4) is 11.7 Å². The van der Waals surface area contributed by atoms with Gasteiger partial charge in [0.2, 0.25) is 5.88 Å². The van der Waals surface area contributed by atoms with Gasteiger partial charge in [-0.1, -0.05) is 6.07 Å². The number of nitrogens with zero attached hydrogens (tertiary/aromatic N) is 3. The maximum atomic E-state index is 11.6. The number of hydrogen-bond acceptors (Lipinski definition) is 6. The fraction of sp³-hybridized carbons (Fsp3) is 0.250. The lowest BCUT2D eigenvalue weighted by Crippen LogP contribution is -2.08. The van der Waals surface area contributed by atoms with Gasteiger partial charge in [-0.2, -0.15) is 10.1 Å². The zero-order chi connectivity index (χ0) is 13.8. The lowest BCUT2D eigenvalue weighted by Gasteiger charge is -2.02. The van der Waals surface area contributed by atoms with E-state index >= 15 is 0 Å². The summed E-state index contributed by atoms with van der Waals surface area (Å²) in [5, 5.41) is 4.07. The van der Waals surface area contributed by atoms with Gasteiger partial charge in [0.05, 0.1) is 25.6 Å². The summed E-state index contributed by atoms with van der Waals surface area (Å²) in [5.74, 6) is 0.396. The van der Waals surface area contributed by atoms with Crippen LogP contribution < -0.4 is 10.5 Å². The van der Waals surface area contributed by atoms with Gasteiger partial charge in [0, 0.05) is 6.07 Å². The van der Waals surface area contributed by atoms with Crippen LogP contribution in [0.3, 0.4) is 0 Å². The second kappa shape index (κ2) is 5.38. The van der Waals surface area contributed by atoms with E-state index in [9.17, 15) is 4.79 Å². The molecule has 0 atom stereocenters. The van der Waals surface area contributed by atoms with Crippen LogP contribution in [0.2, 0.25) is 0 Å². The van der Waals surface area contributed by atoms with Crippen LogP contribution in [0.5, 0.6) is 5.88 Å². The third-order valence-corrected chi connectivity index (χ3v) is 2.36. The Morgan fingerprint density at radius 3 is 2.95 bits per heavy atom. The molecule has 19 heavy (non-hydrogen) atoms. The van der Waals surface area contributed by atoms with Crippen LogP contribution in [-0.4, -0.2) is 34.5 Å². The van der Waals surface area contributed by atoms with E-state index in [2.05, 4.69) is 10.1 Å². The molecule has 2 N–H and O–H groups in total. The van der Waals surface area contributed by atoms with E-state index < -0.39 is 5.97 Å². The van der Waals surface area contributed by atoms with Crippen LogP contribution in [0.1, 0.15) is 17.4 Å². The monoisotopic (exact) mass is 262 g/mol. The molecule has 0 spiro atoms. The summed E-state index contributed by atoms with van der Waals surface area (Å²) in [6, 6.07) is 5.20. The minimum absolute atomic E-state index is 0.0754. The minimum atomic E-state index is -0.554. The van der Waals surface area contributed by atoms with Gasteiger partial charge in [-0.3, -0.25) is 0 Å². The Labute approximate surface area is 110 Å². The second-order valence-corrected chi connectivity index (χ2v) is 3.64. The van der Waals surface area contributed by atoms with Crippen molar-refractivity contribution in [2.75, 3.05) is 19.5 Å². The van der Waals surface area contributed by atoms with Crippen LogP contribution in [-0.2, 0) is 4.74 Å². The molecule has 7 heteroatoms. The largest absolute Gasteiger partial charge is 0.481 e. The quantitative estimate of drug-likeness (QED) is 0.827. The van der Waals surface area contributed by atoms with E-state index in [4.69, 9.17) is 15.2 Å². The Bertz CT molecular complexity index is 594. The van der Waals surface area contributed by atoms with Gasteiger partial charge in [0.15, 0.2) is 11.5 Å². The first kappa shape index (κ1) is 12.9. The van der Waals surface area contributed by atoms with Crippen molar-refractivity contribution in [3.63, 3.8) is 0 Å². The van der Waals surface area contributed by atoms with Gasteiger partial charge < -0.3 is 15.2 Å². The number of esters is 1. The van der Waals surface area contributed by atoms with E-state index in [0.717, 1.165) is 0 Å². The number of rotatable bonds is 4. The van der Waals surface area contributed by atoms with E-state index in [1.807, 2.05) is 0 Å². The normalized spacial score (nSPS) is 10.2. The lowest BCUT2D eigenvalue weighted by atomic mass is 10.4. The maximum Gasteiger partial charge on any atom is 0.361 e. The topological polar surface area (TPSA) is 92.3 Å². The molecule has 2 aromatic rings. The van der Waals surface area contributed by atoms with E-state index in [0.29, 0.717) is 11.7 Å². The molecular formula is C12H14N4O3. The van der Waals surface area contributed by atoms with Gasteiger partial charge in [0.25, 0.3) is 0 Å². The smallest absolute Gasteiger partial charge is 0.361 e. The Hall–Kier alpha value is -2.57. The predicted octanol–water partition coefficient (Wildman–Crippen LogP) is 1.03. The van der Waals surface area contributed by atoms with Crippen molar-refractivity contribution in [1.29, 1.82) is 0 Å². The number of nitrogens with two attached hydrogens (primary N) is 1. The van der Waals surface area contributed by atoms with Gasteiger partial charge in [0.1, 0.15) is 0 Å². The van der Waals surface area contributed by atoms with Crippen molar-refractivity contribution in [2.24, 2.45) is 0 Å². The zero-order valence-electron chi connectivity index (χ0n) is 10.7. The van der Waals surface area contributed by atoms with Crippen molar-refractivity contribution in [1.82, 2.24) is 14.8 Å². The zero-order valence-corrected chi connectivity index (χ0v) is 10.7. The van der Waals surface area contributed by atoms with E-state index in [1.54, 1.807) is 25.1 Å². The number of nitrogen functional groups attached to an aromatic ring is 1. The van der Waals surface area contributed by atoms with Crippen LogP contribution in [0, 0.1) is 0 Å². The first-order valence-electron chi connectivity index (χ1n) is 5.69. The van der Waals surface area contributed by atoms with Crippen LogP contribution >= 0.6 is 0 Å². The molecule has 0 saturated carbocycles. The highest BCUT2D eigenvalue weighted by Crippen LogP contribution is 2.16. The molecule has 0 aromatic carbocycles. The third-order valence-electron chi connectivity index (χ3n) is 2.36. The minimum Gasteiger partial charge on any atom is -0.481 e. The van der Waals surface area contributed by atoms with Crippen molar-refractivity contribution < 1.29 is 14.3 Å². The first-order valence-corrected chi connectivity index (χ1v) is 5.69. The summed E-state index contributed by atoms with van der Waals surface area (Å²) in [4.78, 5) is 15.8. The number of hydrogen-bond donors (Lipinski definition) is 1. The average Bonchev–Trinajstić information content (AvgIpc) is 2.81. The molecule has 7 nitrogen and oxygen atoms in total. The number of anilines is 1. The van der Waals surface area contributed by atoms with Crippen LogP contribution in [0.4, 0.5) is 5.69 Å². The molecule has 2 aromatic heterocycles. The summed E-state index contributed by atoms with van der Waals surface area (Å²) in [6.07, 6.45) is 1.51. The molecule has 100 valence electrons. The van der Waals surface area contributed by atoms with Gasteiger partial charge in [-0.05, 0) is 13.0 Å². The maximum absolute atomic E-state index is 11.6. The molecule has 0 unspecified atom stereocenters. The van der Waals surface area contributed by atoms with Gasteiger partial charge >= 0.3 is 5.97 Å². The van der Waals surface area contributed by atoms with E-state index in [-0.39, 0.29) is 18.0 Å². The highest BCUT2D eigenvalue weighted by Gasteiger charge is 2.17. The molecule has 0 saturated heterocycles. The summed E-state index contributed by atoms with van der Waals surface area (Å²) in [5.41, 5.74) is 6.05. The predicted molar refractivity (Wildman–Crippen MR) is 68.3 cm³/mol. The number of carbonyl (C=O) groups excluding carboxylic acids is 1. The highest BCUT2D eigenvalue weighted by molar-refractivity contribution is 5.92. The highest BCUT2D eigenvalue weighted by atomic mass is 16.5. The lowest BCUT2D eigenvalue weighted by molar-refractivity contribution is 0.0520. The Balaban J connectivity index is 2.36. The number of methoxy groups -OCH3 is 1. The summed E-state index contributed by atoms with van der Waals surface area (Å²) < 4.78 is 11.3. The van der Waals surface area contributed by atoms with E-state index in [1.165, 1.54) is 18.0 Å². The number of pyridine rings is 1. The SMILES string of the molecule is CCOC(=O)c1nn(-c2cccc(OC)n2)cc1N. The molecular weight excluding hydrogens is 248 g/mol. The third kappa shape index (κ3) is 2.65. The molecule has 0 aliphatic carbocycles. The Morgan fingerprint density at radius 2 is 2.26 bits per heavy atom. The number of ether oxygens (including phenoxy) is 2. The molecule has 0 fully saturated rings.